The second-order valence-corrected chi connectivity index (χ2v) is 8.37. The van der Waals surface area contributed by atoms with Gasteiger partial charge in [-0.25, -0.2) is 4.79 Å². The number of benzene rings is 1. The Hall–Kier alpha value is -2.98. The molecule has 3 fully saturated rings. The first-order valence-corrected chi connectivity index (χ1v) is 11.0. The first-order valence-electron chi connectivity index (χ1n) is 11.0. The van der Waals surface area contributed by atoms with Crippen LogP contribution in [0.1, 0.15) is 22.3 Å². The van der Waals surface area contributed by atoms with Gasteiger partial charge < -0.3 is 19.9 Å². The van der Waals surface area contributed by atoms with Gasteiger partial charge in [-0.1, -0.05) is 29.8 Å². The molecular formula is C22H30N6O4. The predicted molar refractivity (Wildman–Crippen MR) is 118 cm³/mol. The standard InChI is InChI=1S/C22H30N6O4/c1-15-4-6-16(7-5-15)17(29)14-28-18-19(26(2)22(31)25-20(18)30)24-21(28)23-8-3-9-27-10-12-32-13-11-27/h4-7,18-19H,3,8-14H2,1-2H3,(H,23,24)(H,25,30,31). The molecule has 0 aromatic heterocycles. The minimum Gasteiger partial charge on any atom is -0.379 e. The van der Waals surface area contributed by atoms with Crippen LogP contribution in [0.5, 0.6) is 0 Å². The van der Waals surface area contributed by atoms with E-state index in [1.807, 2.05) is 19.1 Å². The average molecular weight is 443 g/mol. The molecule has 4 rings (SSSR count). The summed E-state index contributed by atoms with van der Waals surface area (Å²) in [6.07, 6.45) is 0.279. The largest absolute Gasteiger partial charge is 0.379 e. The highest BCUT2D eigenvalue weighted by molar-refractivity contribution is 6.06. The normalized spacial score (nSPS) is 25.0. The van der Waals surface area contributed by atoms with Gasteiger partial charge in [-0.05, 0) is 13.3 Å². The highest BCUT2D eigenvalue weighted by Crippen LogP contribution is 2.21. The van der Waals surface area contributed by atoms with Crippen LogP contribution in [0.25, 0.3) is 0 Å². The van der Waals surface area contributed by atoms with Gasteiger partial charge in [0.2, 0.25) is 0 Å². The van der Waals surface area contributed by atoms with Crippen LogP contribution in [-0.4, -0.2) is 104 Å². The third-order valence-electron chi connectivity index (χ3n) is 6.11. The van der Waals surface area contributed by atoms with E-state index in [-0.39, 0.29) is 12.3 Å². The quantitative estimate of drug-likeness (QED) is 0.454. The first-order chi connectivity index (χ1) is 15.4. The molecular weight excluding hydrogens is 412 g/mol. The molecule has 3 heterocycles. The Bertz CT molecular complexity index is 896. The number of rotatable bonds is 7. The molecule has 172 valence electrons. The maximum atomic E-state index is 13.0. The van der Waals surface area contributed by atoms with Crippen molar-refractivity contribution in [1.29, 1.82) is 0 Å². The van der Waals surface area contributed by atoms with Gasteiger partial charge in [0.05, 0.1) is 19.8 Å². The van der Waals surface area contributed by atoms with E-state index in [0.717, 1.165) is 44.8 Å². The van der Waals surface area contributed by atoms with Crippen molar-refractivity contribution in [1.82, 2.24) is 25.3 Å². The molecule has 10 nitrogen and oxygen atoms in total. The second-order valence-electron chi connectivity index (χ2n) is 8.37. The van der Waals surface area contributed by atoms with Crippen LogP contribution in [0, 0.1) is 6.92 Å². The Morgan fingerprint density at radius 1 is 1.19 bits per heavy atom. The number of Topliss-reactive ketones (excluding diaryl/α,β-unsaturated/α-hetero) is 1. The number of carbonyl (C=O) groups is 3. The third kappa shape index (κ3) is 4.76. The maximum Gasteiger partial charge on any atom is 0.325 e. The first kappa shape index (κ1) is 22.2. The number of aryl methyl sites for hydroxylation is 1. The fraction of sp³-hybridized carbons (Fsp3) is 0.545. The van der Waals surface area contributed by atoms with Crippen LogP contribution >= 0.6 is 0 Å². The lowest BCUT2D eigenvalue weighted by molar-refractivity contribution is -0.126. The van der Waals surface area contributed by atoms with Crippen molar-refractivity contribution in [3.05, 3.63) is 35.4 Å². The SMILES string of the molecule is Cc1ccc(C(=O)CN2C(=NCCCN3CCOCC3)NC3C2C(=O)NC(=O)N3C)cc1. The van der Waals surface area contributed by atoms with Crippen molar-refractivity contribution in [3.8, 4) is 0 Å². The number of guanidine groups is 1. The van der Waals surface area contributed by atoms with Gasteiger partial charge in [0.15, 0.2) is 17.8 Å². The predicted octanol–water partition coefficient (Wildman–Crippen LogP) is 0.0375. The van der Waals surface area contributed by atoms with E-state index < -0.39 is 24.1 Å². The molecule has 32 heavy (non-hydrogen) atoms. The number of nitrogens with one attached hydrogen (secondary N) is 2. The molecule has 0 aliphatic carbocycles. The lowest BCUT2D eigenvalue weighted by Gasteiger charge is -2.35. The number of ether oxygens (including phenoxy) is 1. The summed E-state index contributed by atoms with van der Waals surface area (Å²) in [4.78, 5) is 47.8. The Labute approximate surface area is 187 Å². The van der Waals surface area contributed by atoms with E-state index in [9.17, 15) is 14.4 Å². The third-order valence-corrected chi connectivity index (χ3v) is 6.11. The second kappa shape index (κ2) is 9.66. The van der Waals surface area contributed by atoms with E-state index >= 15 is 0 Å². The number of aliphatic imine (C=N–C) groups is 1. The number of urea groups is 1. The molecule has 0 radical (unpaired) electrons. The highest BCUT2D eigenvalue weighted by atomic mass is 16.5. The summed E-state index contributed by atoms with van der Waals surface area (Å²) in [6, 6.07) is 6.16. The van der Waals surface area contributed by atoms with Crippen molar-refractivity contribution in [2.24, 2.45) is 4.99 Å². The zero-order valence-corrected chi connectivity index (χ0v) is 18.5. The molecule has 3 amide bonds. The fourth-order valence-corrected chi connectivity index (χ4v) is 4.18. The average Bonchev–Trinajstić information content (AvgIpc) is 3.15. The molecule has 0 saturated carbocycles. The van der Waals surface area contributed by atoms with Gasteiger partial charge in [-0.3, -0.25) is 24.8 Å². The Balaban J connectivity index is 1.48. The number of hydrogen-bond donors (Lipinski definition) is 2. The van der Waals surface area contributed by atoms with Crippen LogP contribution in [0.3, 0.4) is 0 Å². The lowest BCUT2D eigenvalue weighted by Crippen LogP contribution is -2.65. The molecule has 3 saturated heterocycles. The van der Waals surface area contributed by atoms with E-state index in [2.05, 4.69) is 20.5 Å². The molecule has 3 aliphatic rings. The summed E-state index contributed by atoms with van der Waals surface area (Å²) in [5.41, 5.74) is 1.64. The monoisotopic (exact) mass is 442 g/mol. The number of imide groups is 1. The van der Waals surface area contributed by atoms with E-state index in [1.165, 1.54) is 4.90 Å². The van der Waals surface area contributed by atoms with Gasteiger partial charge in [-0.2, -0.15) is 0 Å². The van der Waals surface area contributed by atoms with E-state index in [4.69, 9.17) is 4.74 Å². The van der Waals surface area contributed by atoms with Crippen molar-refractivity contribution in [2.75, 3.05) is 53.0 Å². The van der Waals surface area contributed by atoms with E-state index in [0.29, 0.717) is 18.1 Å². The summed E-state index contributed by atoms with van der Waals surface area (Å²) < 4.78 is 5.38. The minimum atomic E-state index is -0.718. The Morgan fingerprint density at radius 2 is 1.91 bits per heavy atom. The summed E-state index contributed by atoms with van der Waals surface area (Å²) in [6.45, 7) is 6.76. The number of likely N-dealkylation sites (N-methyl/N-ethyl adjacent to an activating group) is 1. The Morgan fingerprint density at radius 3 is 2.62 bits per heavy atom. The van der Waals surface area contributed by atoms with Crippen molar-refractivity contribution in [2.45, 2.75) is 25.6 Å². The van der Waals surface area contributed by atoms with Crippen molar-refractivity contribution >= 4 is 23.7 Å². The number of carbonyl (C=O) groups excluding carboxylic acids is 3. The number of ketones is 1. The number of fused-ring (bicyclic) bond motifs is 1. The molecule has 2 N–H and O–H groups in total. The van der Waals surface area contributed by atoms with Gasteiger partial charge in [0, 0.05) is 38.8 Å². The fourth-order valence-electron chi connectivity index (χ4n) is 4.18. The molecule has 1 aromatic carbocycles. The molecule has 3 aliphatic heterocycles. The molecule has 10 heteroatoms. The summed E-state index contributed by atoms with van der Waals surface area (Å²) in [5, 5.41) is 5.56. The number of nitrogens with zero attached hydrogens (tertiary/aromatic N) is 4. The van der Waals surface area contributed by atoms with Crippen LogP contribution in [0.2, 0.25) is 0 Å². The summed E-state index contributed by atoms with van der Waals surface area (Å²) in [5.74, 6) is -0.0687. The van der Waals surface area contributed by atoms with Gasteiger partial charge in [0.25, 0.3) is 5.91 Å². The molecule has 0 spiro atoms. The van der Waals surface area contributed by atoms with Crippen molar-refractivity contribution < 1.29 is 19.1 Å². The van der Waals surface area contributed by atoms with Crippen LogP contribution in [-0.2, 0) is 9.53 Å². The van der Waals surface area contributed by atoms with Crippen LogP contribution in [0.15, 0.2) is 29.3 Å². The number of amides is 3. The summed E-state index contributed by atoms with van der Waals surface area (Å²) >= 11 is 0. The van der Waals surface area contributed by atoms with E-state index in [1.54, 1.807) is 24.1 Å². The molecule has 1 aromatic rings. The maximum absolute atomic E-state index is 13.0. The lowest BCUT2D eigenvalue weighted by atomic mass is 10.1. The molecule has 2 atom stereocenters. The zero-order valence-electron chi connectivity index (χ0n) is 18.5. The topological polar surface area (TPSA) is 107 Å². The van der Waals surface area contributed by atoms with Gasteiger partial charge in [0.1, 0.15) is 6.17 Å². The van der Waals surface area contributed by atoms with Gasteiger partial charge >= 0.3 is 6.03 Å². The highest BCUT2D eigenvalue weighted by Gasteiger charge is 2.50. The van der Waals surface area contributed by atoms with Gasteiger partial charge in [-0.15, -0.1) is 0 Å². The van der Waals surface area contributed by atoms with Crippen molar-refractivity contribution in [3.63, 3.8) is 0 Å². The smallest absolute Gasteiger partial charge is 0.325 e. The summed E-state index contributed by atoms with van der Waals surface area (Å²) in [7, 11) is 1.62. The van der Waals surface area contributed by atoms with Crippen LogP contribution < -0.4 is 10.6 Å². The zero-order chi connectivity index (χ0) is 22.7. The molecule has 0 bridgehead atoms. The number of hydrogen-bond acceptors (Lipinski definition) is 6. The minimum absolute atomic E-state index is 0.00498. The molecule has 2 unspecified atom stereocenters. The van der Waals surface area contributed by atoms with Crippen LogP contribution in [0.4, 0.5) is 4.79 Å². The number of morpholine rings is 1. The Kier molecular flexibility index (Phi) is 6.71.